The van der Waals surface area contributed by atoms with E-state index < -0.39 is 0 Å². The zero-order valence-corrected chi connectivity index (χ0v) is 10.7. The first kappa shape index (κ1) is 12.3. The van der Waals surface area contributed by atoms with E-state index in [2.05, 4.69) is 16.8 Å². The molecule has 17 heavy (non-hydrogen) atoms. The summed E-state index contributed by atoms with van der Waals surface area (Å²) in [6.45, 7) is 4.68. The van der Waals surface area contributed by atoms with E-state index in [0.717, 1.165) is 37.4 Å². The van der Waals surface area contributed by atoms with E-state index in [1.54, 1.807) is 6.20 Å². The zero-order valence-electron chi connectivity index (χ0n) is 9.93. The Morgan fingerprint density at radius 3 is 3.24 bits per heavy atom. The smallest absolute Gasteiger partial charge is 0.106 e. The van der Waals surface area contributed by atoms with Crippen LogP contribution in [-0.4, -0.2) is 35.8 Å². The Morgan fingerprint density at radius 1 is 1.65 bits per heavy atom. The van der Waals surface area contributed by atoms with Gasteiger partial charge in [0.15, 0.2) is 0 Å². The van der Waals surface area contributed by atoms with Gasteiger partial charge in [-0.05, 0) is 19.4 Å². The number of thiocarbonyl (C=S) groups is 1. The molecule has 5 heteroatoms. The highest BCUT2D eigenvalue weighted by Gasteiger charge is 2.18. The van der Waals surface area contributed by atoms with E-state index in [-0.39, 0.29) is 6.10 Å². The van der Waals surface area contributed by atoms with Gasteiger partial charge in [0.1, 0.15) is 4.99 Å². The summed E-state index contributed by atoms with van der Waals surface area (Å²) >= 11 is 5.07. The SMILES string of the molecule is CC1CN(c2cnccc2C(N)=S)CCCO1. The number of rotatable bonds is 2. The van der Waals surface area contributed by atoms with E-state index in [0.29, 0.717) is 4.99 Å². The molecule has 92 valence electrons. The standard InChI is InChI=1S/C12H17N3OS/c1-9-8-15(5-2-6-16-9)11-7-14-4-3-10(11)12(13)17/h3-4,7,9H,2,5-6,8H2,1H3,(H2,13,17). The molecule has 2 N–H and O–H groups in total. The Morgan fingerprint density at radius 2 is 2.47 bits per heavy atom. The summed E-state index contributed by atoms with van der Waals surface area (Å²) in [6, 6.07) is 1.87. The monoisotopic (exact) mass is 251 g/mol. The van der Waals surface area contributed by atoms with Crippen LogP contribution in [0.5, 0.6) is 0 Å². The molecule has 1 aromatic heterocycles. The van der Waals surface area contributed by atoms with Crippen LogP contribution in [-0.2, 0) is 4.74 Å². The molecule has 1 fully saturated rings. The molecule has 1 atom stereocenters. The average molecular weight is 251 g/mol. The van der Waals surface area contributed by atoms with Crippen molar-refractivity contribution in [2.24, 2.45) is 5.73 Å². The summed E-state index contributed by atoms with van der Waals surface area (Å²) < 4.78 is 5.63. The van der Waals surface area contributed by atoms with E-state index in [4.69, 9.17) is 22.7 Å². The molecular weight excluding hydrogens is 234 g/mol. The maximum absolute atomic E-state index is 5.74. The van der Waals surface area contributed by atoms with Gasteiger partial charge < -0.3 is 15.4 Å². The number of hydrogen-bond donors (Lipinski definition) is 1. The topological polar surface area (TPSA) is 51.4 Å². The second kappa shape index (κ2) is 5.42. The van der Waals surface area contributed by atoms with Gasteiger partial charge in [0.25, 0.3) is 0 Å². The highest BCUT2D eigenvalue weighted by atomic mass is 32.1. The lowest BCUT2D eigenvalue weighted by atomic mass is 10.2. The van der Waals surface area contributed by atoms with Crippen molar-refractivity contribution in [1.82, 2.24) is 4.98 Å². The number of ether oxygens (including phenoxy) is 1. The molecule has 1 aromatic rings. The average Bonchev–Trinajstić information content (AvgIpc) is 2.54. The molecule has 0 aliphatic carbocycles. The number of hydrogen-bond acceptors (Lipinski definition) is 4. The van der Waals surface area contributed by atoms with Crippen LogP contribution in [0, 0.1) is 0 Å². The van der Waals surface area contributed by atoms with Crippen LogP contribution in [0.2, 0.25) is 0 Å². The van der Waals surface area contributed by atoms with E-state index in [1.165, 1.54) is 0 Å². The van der Waals surface area contributed by atoms with Gasteiger partial charge in [-0.1, -0.05) is 12.2 Å². The molecule has 0 radical (unpaired) electrons. The summed E-state index contributed by atoms with van der Waals surface area (Å²) in [4.78, 5) is 6.83. The Kier molecular flexibility index (Phi) is 3.91. The predicted molar refractivity (Wildman–Crippen MR) is 72.4 cm³/mol. The minimum Gasteiger partial charge on any atom is -0.389 e. The first-order chi connectivity index (χ1) is 8.18. The fourth-order valence-electron chi connectivity index (χ4n) is 2.06. The van der Waals surface area contributed by atoms with Crippen LogP contribution in [0.1, 0.15) is 18.9 Å². The van der Waals surface area contributed by atoms with Crippen molar-refractivity contribution in [3.05, 3.63) is 24.0 Å². The fraction of sp³-hybridized carbons (Fsp3) is 0.500. The van der Waals surface area contributed by atoms with Crippen molar-refractivity contribution in [1.29, 1.82) is 0 Å². The van der Waals surface area contributed by atoms with E-state index in [9.17, 15) is 0 Å². The molecule has 4 nitrogen and oxygen atoms in total. The third kappa shape index (κ3) is 2.92. The highest BCUT2D eigenvalue weighted by Crippen LogP contribution is 2.21. The fourth-order valence-corrected chi connectivity index (χ4v) is 2.23. The predicted octanol–water partition coefficient (Wildman–Crippen LogP) is 1.33. The van der Waals surface area contributed by atoms with Crippen LogP contribution in [0.15, 0.2) is 18.5 Å². The van der Waals surface area contributed by atoms with Crippen LogP contribution in [0.25, 0.3) is 0 Å². The summed E-state index contributed by atoms with van der Waals surface area (Å²) in [5.41, 5.74) is 7.64. The number of nitrogens with zero attached hydrogens (tertiary/aromatic N) is 2. The molecule has 2 heterocycles. The maximum Gasteiger partial charge on any atom is 0.106 e. The van der Waals surface area contributed by atoms with Crippen molar-refractivity contribution in [2.75, 3.05) is 24.6 Å². The van der Waals surface area contributed by atoms with Crippen molar-refractivity contribution in [3.63, 3.8) is 0 Å². The van der Waals surface area contributed by atoms with Gasteiger partial charge in [0.2, 0.25) is 0 Å². The molecule has 2 rings (SSSR count). The van der Waals surface area contributed by atoms with Crippen molar-refractivity contribution in [2.45, 2.75) is 19.4 Å². The summed E-state index contributed by atoms with van der Waals surface area (Å²) in [5.74, 6) is 0. The van der Waals surface area contributed by atoms with Gasteiger partial charge in [-0.2, -0.15) is 0 Å². The normalized spacial score (nSPS) is 21.0. The van der Waals surface area contributed by atoms with E-state index >= 15 is 0 Å². The van der Waals surface area contributed by atoms with Crippen LogP contribution < -0.4 is 10.6 Å². The molecule has 1 unspecified atom stereocenters. The molecule has 1 saturated heterocycles. The Labute approximate surface area is 107 Å². The molecule has 1 aliphatic rings. The largest absolute Gasteiger partial charge is 0.389 e. The van der Waals surface area contributed by atoms with Gasteiger partial charge in [0.05, 0.1) is 18.0 Å². The second-order valence-corrected chi connectivity index (χ2v) is 4.68. The number of nitrogens with two attached hydrogens (primary N) is 1. The summed E-state index contributed by atoms with van der Waals surface area (Å²) in [5, 5.41) is 0. The van der Waals surface area contributed by atoms with Gasteiger partial charge in [-0.3, -0.25) is 4.98 Å². The molecular formula is C12H17N3OS. The van der Waals surface area contributed by atoms with Crippen LogP contribution in [0.3, 0.4) is 0 Å². The first-order valence-electron chi connectivity index (χ1n) is 5.79. The third-order valence-electron chi connectivity index (χ3n) is 2.86. The van der Waals surface area contributed by atoms with Gasteiger partial charge in [0, 0.05) is 31.5 Å². The third-order valence-corrected chi connectivity index (χ3v) is 3.08. The van der Waals surface area contributed by atoms with Crippen molar-refractivity contribution >= 4 is 22.9 Å². The molecule has 0 aromatic carbocycles. The lowest BCUT2D eigenvalue weighted by Gasteiger charge is -2.25. The Hall–Kier alpha value is -1.20. The summed E-state index contributed by atoms with van der Waals surface area (Å²) in [7, 11) is 0. The quantitative estimate of drug-likeness (QED) is 0.804. The van der Waals surface area contributed by atoms with Crippen molar-refractivity contribution < 1.29 is 4.74 Å². The van der Waals surface area contributed by atoms with Crippen LogP contribution in [0.4, 0.5) is 5.69 Å². The molecule has 0 amide bonds. The molecule has 0 bridgehead atoms. The highest BCUT2D eigenvalue weighted by molar-refractivity contribution is 7.80. The van der Waals surface area contributed by atoms with Gasteiger partial charge >= 0.3 is 0 Å². The van der Waals surface area contributed by atoms with Crippen LogP contribution >= 0.6 is 12.2 Å². The molecule has 0 spiro atoms. The number of aromatic nitrogens is 1. The van der Waals surface area contributed by atoms with Gasteiger partial charge in [-0.15, -0.1) is 0 Å². The number of pyridine rings is 1. The minimum absolute atomic E-state index is 0.219. The lowest BCUT2D eigenvalue weighted by molar-refractivity contribution is 0.0821. The molecule has 1 aliphatic heterocycles. The van der Waals surface area contributed by atoms with Gasteiger partial charge in [-0.25, -0.2) is 0 Å². The second-order valence-electron chi connectivity index (χ2n) is 4.24. The molecule has 0 saturated carbocycles. The lowest BCUT2D eigenvalue weighted by Crippen LogP contribution is -2.32. The van der Waals surface area contributed by atoms with Crippen molar-refractivity contribution in [3.8, 4) is 0 Å². The Balaban J connectivity index is 2.28. The zero-order chi connectivity index (χ0) is 12.3. The van der Waals surface area contributed by atoms with E-state index in [1.807, 2.05) is 12.3 Å². The minimum atomic E-state index is 0.219. The number of anilines is 1. The first-order valence-corrected chi connectivity index (χ1v) is 6.19. The summed E-state index contributed by atoms with van der Waals surface area (Å²) in [6.07, 6.45) is 4.77. The Bertz CT molecular complexity index is 410. The maximum atomic E-state index is 5.74.